The first kappa shape index (κ1) is 16.5. The van der Waals surface area contributed by atoms with Crippen LogP contribution in [0.4, 0.5) is 5.95 Å². The summed E-state index contributed by atoms with van der Waals surface area (Å²) in [5, 5.41) is 16.2. The van der Waals surface area contributed by atoms with Gasteiger partial charge < -0.3 is 5.32 Å². The number of aromatic nitrogens is 3. The highest BCUT2D eigenvalue weighted by atomic mass is 32.2. The van der Waals surface area contributed by atoms with Crippen LogP contribution in [0.1, 0.15) is 25.6 Å². The minimum atomic E-state index is -0.236. The van der Waals surface area contributed by atoms with Crippen molar-refractivity contribution in [3.63, 3.8) is 0 Å². The zero-order valence-corrected chi connectivity index (χ0v) is 14.2. The molecule has 0 bridgehead atoms. The van der Waals surface area contributed by atoms with Crippen molar-refractivity contribution in [2.45, 2.75) is 31.5 Å². The Bertz CT molecular complexity index is 629. The molecule has 0 saturated heterocycles. The molecule has 0 radical (unpaired) electrons. The lowest BCUT2D eigenvalue weighted by molar-refractivity contribution is -0.119. The summed E-state index contributed by atoms with van der Waals surface area (Å²) in [6.45, 7) is 5.82. The van der Waals surface area contributed by atoms with Gasteiger partial charge in [0.05, 0.1) is 12.0 Å². The lowest BCUT2D eigenvalue weighted by Crippen LogP contribution is -2.41. The van der Waals surface area contributed by atoms with Crippen LogP contribution < -0.4 is 10.7 Å². The molecule has 0 aliphatic carbocycles. The second-order valence-corrected chi connectivity index (χ2v) is 7.36. The van der Waals surface area contributed by atoms with E-state index in [0.29, 0.717) is 11.1 Å². The Kier molecular flexibility index (Phi) is 5.56. The molecule has 2 rings (SSSR count). The first-order valence-corrected chi connectivity index (χ1v) is 8.48. The van der Waals surface area contributed by atoms with Crippen molar-refractivity contribution in [1.29, 1.82) is 0 Å². The van der Waals surface area contributed by atoms with Crippen LogP contribution in [0.3, 0.4) is 0 Å². The van der Waals surface area contributed by atoms with Gasteiger partial charge in [0.2, 0.25) is 17.0 Å². The maximum atomic E-state index is 11.7. The number of amides is 1. The fourth-order valence-electron chi connectivity index (χ4n) is 1.47. The Balaban J connectivity index is 1.78. The maximum Gasteiger partial charge on any atom is 0.240 e. The van der Waals surface area contributed by atoms with Crippen LogP contribution >= 0.6 is 23.1 Å². The average molecular weight is 338 g/mol. The van der Waals surface area contributed by atoms with Crippen molar-refractivity contribution in [3.05, 3.63) is 22.4 Å². The molecule has 0 aliphatic heterocycles. The standard InChI is InChI=1S/C13H18N6OS2/c1-13(2,3)16-10(20)8-22-12-15-11(18-19-12)17-14-7-9-5-4-6-21-9/h4-7H,8H2,1-3H3,(H,16,20)(H2,15,17,18,19)/b14-7+. The van der Waals surface area contributed by atoms with Gasteiger partial charge in [0.15, 0.2) is 0 Å². The Hall–Kier alpha value is -1.87. The van der Waals surface area contributed by atoms with Gasteiger partial charge in [-0.3, -0.25) is 4.79 Å². The van der Waals surface area contributed by atoms with Crippen molar-refractivity contribution >= 4 is 41.2 Å². The molecule has 0 atom stereocenters. The van der Waals surface area contributed by atoms with Gasteiger partial charge in [0.1, 0.15) is 0 Å². The monoisotopic (exact) mass is 338 g/mol. The number of rotatable bonds is 6. The molecule has 0 unspecified atom stereocenters. The number of nitrogens with zero attached hydrogens (tertiary/aromatic N) is 3. The van der Waals surface area contributed by atoms with Crippen molar-refractivity contribution in [3.8, 4) is 0 Å². The highest BCUT2D eigenvalue weighted by Crippen LogP contribution is 2.14. The SMILES string of the molecule is CC(C)(C)NC(=O)CSc1n[nH]c(N/N=C/c2cccs2)n1. The van der Waals surface area contributed by atoms with Crippen LogP contribution in [0.25, 0.3) is 0 Å². The topological polar surface area (TPSA) is 95.1 Å². The number of hydrogen-bond donors (Lipinski definition) is 3. The molecule has 1 amide bonds. The predicted molar refractivity (Wildman–Crippen MR) is 90.5 cm³/mol. The number of hydrazone groups is 1. The summed E-state index contributed by atoms with van der Waals surface area (Å²) in [4.78, 5) is 16.9. The van der Waals surface area contributed by atoms with Gasteiger partial charge in [-0.1, -0.05) is 17.8 Å². The zero-order chi connectivity index (χ0) is 16.0. The van der Waals surface area contributed by atoms with Crippen LogP contribution in [-0.4, -0.2) is 38.6 Å². The number of carbonyl (C=O) groups is 1. The molecule has 2 heterocycles. The van der Waals surface area contributed by atoms with Gasteiger partial charge in [0, 0.05) is 10.4 Å². The smallest absolute Gasteiger partial charge is 0.240 e. The van der Waals surface area contributed by atoms with Crippen molar-refractivity contribution < 1.29 is 4.79 Å². The fraction of sp³-hybridized carbons (Fsp3) is 0.385. The molecule has 9 heteroatoms. The zero-order valence-electron chi connectivity index (χ0n) is 12.6. The average Bonchev–Trinajstić information content (AvgIpc) is 3.06. The van der Waals surface area contributed by atoms with E-state index in [0.717, 1.165) is 4.88 Å². The number of anilines is 1. The highest BCUT2D eigenvalue weighted by Gasteiger charge is 2.14. The van der Waals surface area contributed by atoms with Crippen LogP contribution in [0.5, 0.6) is 0 Å². The van der Waals surface area contributed by atoms with Gasteiger partial charge in [-0.15, -0.1) is 16.4 Å². The Morgan fingerprint density at radius 3 is 3.05 bits per heavy atom. The lowest BCUT2D eigenvalue weighted by atomic mass is 10.1. The molecule has 2 aromatic rings. The fourth-order valence-corrected chi connectivity index (χ4v) is 2.65. The molecule has 118 valence electrons. The molecule has 0 aliphatic rings. The van der Waals surface area contributed by atoms with Crippen LogP contribution in [0.2, 0.25) is 0 Å². The molecule has 7 nitrogen and oxygen atoms in total. The van der Waals surface area contributed by atoms with E-state index in [4.69, 9.17) is 0 Å². The van der Waals surface area contributed by atoms with E-state index < -0.39 is 0 Å². The van der Waals surface area contributed by atoms with E-state index in [-0.39, 0.29) is 17.2 Å². The third kappa shape index (κ3) is 5.86. The molecule has 0 spiro atoms. The summed E-state index contributed by atoms with van der Waals surface area (Å²) in [7, 11) is 0. The predicted octanol–water partition coefficient (Wildman–Crippen LogP) is 2.32. The summed E-state index contributed by atoms with van der Waals surface area (Å²) in [6.07, 6.45) is 1.71. The number of hydrogen-bond acceptors (Lipinski definition) is 7. The molecule has 0 fully saturated rings. The highest BCUT2D eigenvalue weighted by molar-refractivity contribution is 7.99. The number of thioether (sulfide) groups is 1. The van der Waals surface area contributed by atoms with Crippen molar-refractivity contribution in [2.24, 2.45) is 5.10 Å². The van der Waals surface area contributed by atoms with E-state index in [1.807, 2.05) is 38.3 Å². The summed E-state index contributed by atoms with van der Waals surface area (Å²) >= 11 is 2.86. The Morgan fingerprint density at radius 1 is 1.55 bits per heavy atom. The first-order valence-electron chi connectivity index (χ1n) is 6.61. The second-order valence-electron chi connectivity index (χ2n) is 5.44. The van der Waals surface area contributed by atoms with Crippen LogP contribution in [-0.2, 0) is 4.79 Å². The summed E-state index contributed by atoms with van der Waals surface area (Å²) in [5.74, 6) is 0.659. The number of nitrogens with one attached hydrogen (secondary N) is 3. The van der Waals surface area contributed by atoms with Gasteiger partial charge >= 0.3 is 0 Å². The van der Waals surface area contributed by atoms with E-state index in [1.54, 1.807) is 17.6 Å². The van der Waals surface area contributed by atoms with E-state index in [2.05, 4.69) is 31.0 Å². The minimum absolute atomic E-state index is 0.0486. The third-order valence-corrected chi connectivity index (χ3v) is 3.87. The number of thiophene rings is 1. The van der Waals surface area contributed by atoms with Gasteiger partial charge in [-0.2, -0.15) is 10.1 Å². The molecular weight excluding hydrogens is 320 g/mol. The second kappa shape index (κ2) is 7.41. The van der Waals surface area contributed by atoms with Crippen molar-refractivity contribution in [2.75, 3.05) is 11.2 Å². The minimum Gasteiger partial charge on any atom is -0.351 e. The molecule has 0 saturated carbocycles. The van der Waals surface area contributed by atoms with Gasteiger partial charge in [-0.25, -0.2) is 10.5 Å². The summed E-state index contributed by atoms with van der Waals surface area (Å²) < 4.78 is 0. The molecule has 22 heavy (non-hydrogen) atoms. The van der Waals surface area contributed by atoms with Crippen molar-refractivity contribution in [1.82, 2.24) is 20.5 Å². The third-order valence-electron chi connectivity index (χ3n) is 2.22. The first-order chi connectivity index (χ1) is 10.4. The number of aromatic amines is 1. The number of H-pyrrole nitrogens is 1. The largest absolute Gasteiger partial charge is 0.351 e. The normalized spacial score (nSPS) is 11.8. The molecular formula is C13H18N6OS2. The Morgan fingerprint density at radius 2 is 2.36 bits per heavy atom. The molecule has 0 aromatic carbocycles. The summed E-state index contributed by atoms with van der Waals surface area (Å²) in [6, 6.07) is 3.92. The van der Waals surface area contributed by atoms with E-state index in [9.17, 15) is 4.79 Å². The van der Waals surface area contributed by atoms with Crippen LogP contribution in [0, 0.1) is 0 Å². The van der Waals surface area contributed by atoms with E-state index >= 15 is 0 Å². The Labute approximate surface area is 137 Å². The van der Waals surface area contributed by atoms with Crippen LogP contribution in [0.15, 0.2) is 27.8 Å². The quantitative estimate of drug-likeness (QED) is 0.427. The molecule has 2 aromatic heterocycles. The maximum absolute atomic E-state index is 11.7. The van der Waals surface area contributed by atoms with Gasteiger partial charge in [0.25, 0.3) is 0 Å². The van der Waals surface area contributed by atoms with E-state index in [1.165, 1.54) is 11.8 Å². The number of carbonyl (C=O) groups excluding carboxylic acids is 1. The van der Waals surface area contributed by atoms with Gasteiger partial charge in [-0.05, 0) is 32.2 Å². The summed E-state index contributed by atoms with van der Waals surface area (Å²) in [5.41, 5.74) is 2.53. The molecule has 3 N–H and O–H groups in total. The lowest BCUT2D eigenvalue weighted by Gasteiger charge is -2.19.